The van der Waals surface area contributed by atoms with Crippen LogP contribution in [0.15, 0.2) is 36.8 Å². The molecule has 1 saturated carbocycles. The van der Waals surface area contributed by atoms with Crippen LogP contribution in [0.2, 0.25) is 0 Å². The van der Waals surface area contributed by atoms with E-state index in [1.165, 1.54) is 43.2 Å². The Hall–Kier alpha value is -3.09. The molecule has 5 rings (SSSR count). The summed E-state index contributed by atoms with van der Waals surface area (Å²) in [6.07, 6.45) is 11.0. The molecule has 0 aliphatic heterocycles. The molecule has 1 aliphatic rings. The van der Waals surface area contributed by atoms with Gasteiger partial charge in [0.2, 0.25) is 0 Å². The van der Waals surface area contributed by atoms with Crippen molar-refractivity contribution in [2.24, 2.45) is 0 Å². The number of H-pyrrole nitrogens is 1. The molecule has 0 radical (unpaired) electrons. The highest BCUT2D eigenvalue weighted by Crippen LogP contribution is 2.24. The predicted molar refractivity (Wildman–Crippen MR) is 116 cm³/mol. The summed E-state index contributed by atoms with van der Waals surface area (Å²) in [5, 5.41) is 11.8. The number of nitrogens with one attached hydrogen (secondary N) is 3. The van der Waals surface area contributed by atoms with Crippen LogP contribution in [-0.2, 0) is 13.0 Å². The molecule has 1 fully saturated rings. The van der Waals surface area contributed by atoms with Crippen molar-refractivity contribution < 1.29 is 0 Å². The van der Waals surface area contributed by atoms with E-state index in [1.54, 1.807) is 6.33 Å². The molecule has 150 valence electrons. The van der Waals surface area contributed by atoms with Gasteiger partial charge in [-0.2, -0.15) is 9.61 Å². The second-order valence-electron chi connectivity index (χ2n) is 7.87. The number of aryl methyl sites for hydroxylation is 1. The second kappa shape index (κ2) is 7.73. The number of rotatable bonds is 6. The average molecular weight is 390 g/mol. The van der Waals surface area contributed by atoms with E-state index < -0.39 is 0 Å². The summed E-state index contributed by atoms with van der Waals surface area (Å²) in [5.74, 6) is 1.89. The first-order valence-corrected chi connectivity index (χ1v) is 10.6. The third kappa shape index (κ3) is 3.64. The topological polar surface area (TPSA) is 82.9 Å². The monoisotopic (exact) mass is 389 g/mol. The number of imidazole rings is 1. The largest absolute Gasteiger partial charge is 0.367 e. The summed E-state index contributed by atoms with van der Waals surface area (Å²) in [6, 6.07) is 8.89. The summed E-state index contributed by atoms with van der Waals surface area (Å²) in [4.78, 5) is 12.4. The fourth-order valence-electron chi connectivity index (χ4n) is 4.20. The highest BCUT2D eigenvalue weighted by atomic mass is 15.3. The lowest BCUT2D eigenvalue weighted by Crippen LogP contribution is -2.23. The van der Waals surface area contributed by atoms with Crippen molar-refractivity contribution in [2.75, 3.05) is 10.6 Å². The first-order valence-electron chi connectivity index (χ1n) is 10.6. The lowest BCUT2D eigenvalue weighted by Gasteiger charge is -2.23. The normalized spacial score (nSPS) is 15.2. The van der Waals surface area contributed by atoms with Gasteiger partial charge >= 0.3 is 0 Å². The fourth-order valence-corrected chi connectivity index (χ4v) is 4.20. The van der Waals surface area contributed by atoms with Gasteiger partial charge in [-0.1, -0.05) is 32.3 Å². The number of nitrogens with zero attached hydrogens (tertiary/aromatic N) is 4. The van der Waals surface area contributed by atoms with Crippen molar-refractivity contribution in [3.8, 4) is 0 Å². The number of hydrogen-bond donors (Lipinski definition) is 3. The molecule has 0 spiro atoms. The second-order valence-corrected chi connectivity index (χ2v) is 7.87. The quantitative estimate of drug-likeness (QED) is 0.451. The average Bonchev–Trinajstić information content (AvgIpc) is 3.39. The van der Waals surface area contributed by atoms with Crippen molar-refractivity contribution in [2.45, 2.75) is 58.0 Å². The lowest BCUT2D eigenvalue weighted by atomic mass is 9.95. The highest BCUT2D eigenvalue weighted by molar-refractivity contribution is 5.75. The number of aromatic nitrogens is 5. The number of anilines is 2. The maximum atomic E-state index is 4.89. The zero-order chi connectivity index (χ0) is 19.6. The third-order valence-corrected chi connectivity index (χ3v) is 5.84. The van der Waals surface area contributed by atoms with Crippen molar-refractivity contribution in [1.29, 1.82) is 0 Å². The van der Waals surface area contributed by atoms with Crippen LogP contribution in [0, 0.1) is 0 Å². The highest BCUT2D eigenvalue weighted by Gasteiger charge is 2.16. The summed E-state index contributed by atoms with van der Waals surface area (Å²) in [6.45, 7) is 2.85. The molecule has 3 aromatic heterocycles. The van der Waals surface area contributed by atoms with E-state index in [2.05, 4.69) is 50.8 Å². The third-order valence-electron chi connectivity index (χ3n) is 5.84. The fraction of sp³-hybridized carbons (Fsp3) is 0.409. The molecule has 0 saturated heterocycles. The summed E-state index contributed by atoms with van der Waals surface area (Å²) >= 11 is 0. The molecular weight excluding hydrogens is 362 g/mol. The molecule has 3 heterocycles. The Labute approximate surface area is 170 Å². The van der Waals surface area contributed by atoms with E-state index >= 15 is 0 Å². The van der Waals surface area contributed by atoms with E-state index in [0.29, 0.717) is 12.6 Å². The zero-order valence-electron chi connectivity index (χ0n) is 16.8. The van der Waals surface area contributed by atoms with Gasteiger partial charge in [-0.25, -0.2) is 9.97 Å². The smallest absolute Gasteiger partial charge is 0.162 e. The number of hydrogen-bond acceptors (Lipinski definition) is 5. The molecule has 1 aliphatic carbocycles. The Morgan fingerprint density at radius 3 is 2.93 bits per heavy atom. The molecule has 0 bridgehead atoms. The van der Waals surface area contributed by atoms with Crippen molar-refractivity contribution in [1.82, 2.24) is 24.6 Å². The summed E-state index contributed by atoms with van der Waals surface area (Å²) in [5.41, 5.74) is 5.32. The SMILES string of the molecule is CCc1cnn2c(NCc3ccc4nc[nH]c4c3)cc(NC3CCCCC3)nc12. The van der Waals surface area contributed by atoms with E-state index in [0.717, 1.165) is 34.7 Å². The van der Waals surface area contributed by atoms with Crippen LogP contribution in [0.25, 0.3) is 16.7 Å². The van der Waals surface area contributed by atoms with Crippen LogP contribution in [0.3, 0.4) is 0 Å². The molecule has 4 aromatic rings. The Morgan fingerprint density at radius 2 is 2.07 bits per heavy atom. The van der Waals surface area contributed by atoms with Crippen LogP contribution in [-0.4, -0.2) is 30.6 Å². The van der Waals surface area contributed by atoms with Crippen LogP contribution in [0.4, 0.5) is 11.6 Å². The number of fused-ring (bicyclic) bond motifs is 2. The number of benzene rings is 1. The van der Waals surface area contributed by atoms with Gasteiger partial charge in [0.25, 0.3) is 0 Å². The van der Waals surface area contributed by atoms with Crippen LogP contribution in [0.1, 0.15) is 50.2 Å². The van der Waals surface area contributed by atoms with Gasteiger partial charge in [-0.05, 0) is 37.0 Å². The number of aromatic amines is 1. The summed E-state index contributed by atoms with van der Waals surface area (Å²) in [7, 11) is 0. The van der Waals surface area contributed by atoms with E-state index in [4.69, 9.17) is 4.98 Å². The standard InChI is InChI=1S/C22H27N7/c1-2-16-13-26-29-21(23-12-15-8-9-18-19(10-15)25-14-24-18)11-20(28-22(16)29)27-17-6-4-3-5-7-17/h8-11,13-14,17,23H,2-7,12H2,1H3,(H,24,25)(H,27,28). The Bertz CT molecular complexity index is 1120. The van der Waals surface area contributed by atoms with Crippen LogP contribution < -0.4 is 10.6 Å². The van der Waals surface area contributed by atoms with Gasteiger partial charge in [0.1, 0.15) is 11.6 Å². The molecule has 7 nitrogen and oxygen atoms in total. The van der Waals surface area contributed by atoms with Crippen LogP contribution in [0.5, 0.6) is 0 Å². The van der Waals surface area contributed by atoms with Crippen molar-refractivity contribution >= 4 is 28.3 Å². The van der Waals surface area contributed by atoms with Gasteiger partial charge in [0.05, 0.1) is 23.6 Å². The first kappa shape index (κ1) is 18.0. The van der Waals surface area contributed by atoms with E-state index in [1.807, 2.05) is 16.8 Å². The van der Waals surface area contributed by atoms with Crippen molar-refractivity contribution in [3.05, 3.63) is 47.9 Å². The van der Waals surface area contributed by atoms with Crippen molar-refractivity contribution in [3.63, 3.8) is 0 Å². The van der Waals surface area contributed by atoms with E-state index in [-0.39, 0.29) is 0 Å². The Morgan fingerprint density at radius 1 is 1.17 bits per heavy atom. The Kier molecular flexibility index (Phi) is 4.79. The van der Waals surface area contributed by atoms with Crippen LogP contribution >= 0.6 is 0 Å². The molecule has 0 atom stereocenters. The van der Waals surface area contributed by atoms with Gasteiger partial charge in [-0.3, -0.25) is 0 Å². The summed E-state index contributed by atoms with van der Waals surface area (Å²) < 4.78 is 1.92. The zero-order valence-corrected chi connectivity index (χ0v) is 16.8. The lowest BCUT2D eigenvalue weighted by molar-refractivity contribution is 0.462. The molecular formula is C22H27N7. The minimum absolute atomic E-state index is 0.516. The van der Waals surface area contributed by atoms with Gasteiger partial charge in [0, 0.05) is 24.2 Å². The van der Waals surface area contributed by atoms with Gasteiger partial charge in [-0.15, -0.1) is 0 Å². The Balaban J connectivity index is 1.43. The molecule has 3 N–H and O–H groups in total. The minimum atomic E-state index is 0.516. The van der Waals surface area contributed by atoms with E-state index in [9.17, 15) is 0 Å². The molecule has 0 unspecified atom stereocenters. The molecule has 1 aromatic carbocycles. The molecule has 0 amide bonds. The maximum absolute atomic E-state index is 4.89. The minimum Gasteiger partial charge on any atom is -0.367 e. The maximum Gasteiger partial charge on any atom is 0.162 e. The first-order chi connectivity index (χ1) is 14.3. The van der Waals surface area contributed by atoms with Gasteiger partial charge in [0.15, 0.2) is 5.65 Å². The molecule has 7 heteroatoms. The van der Waals surface area contributed by atoms with Gasteiger partial charge < -0.3 is 15.6 Å². The molecule has 29 heavy (non-hydrogen) atoms. The predicted octanol–water partition coefficient (Wildman–Crippen LogP) is 4.52.